The van der Waals surface area contributed by atoms with Crippen molar-refractivity contribution >= 4 is 11.6 Å². The van der Waals surface area contributed by atoms with Gasteiger partial charge in [-0.2, -0.15) is 4.98 Å². The van der Waals surface area contributed by atoms with Gasteiger partial charge >= 0.3 is 0 Å². The first-order chi connectivity index (χ1) is 12.6. The van der Waals surface area contributed by atoms with Gasteiger partial charge in [-0.05, 0) is 26.0 Å². The molecule has 0 aliphatic carbocycles. The van der Waals surface area contributed by atoms with E-state index in [2.05, 4.69) is 10.1 Å². The van der Waals surface area contributed by atoms with Gasteiger partial charge in [-0.15, -0.1) is 0 Å². The van der Waals surface area contributed by atoms with Gasteiger partial charge in [0.05, 0.1) is 5.69 Å². The lowest BCUT2D eigenvalue weighted by atomic mass is 10.1. The number of rotatable bonds is 6. The molecule has 0 spiro atoms. The normalized spacial score (nSPS) is 10.7. The van der Waals surface area contributed by atoms with E-state index in [0.717, 1.165) is 11.1 Å². The number of anilines is 1. The van der Waals surface area contributed by atoms with Gasteiger partial charge in [0.15, 0.2) is 0 Å². The van der Waals surface area contributed by atoms with E-state index in [0.29, 0.717) is 24.7 Å². The molecule has 1 aromatic heterocycles. The minimum atomic E-state index is -0.415. The monoisotopic (exact) mass is 353 g/mol. The molecule has 1 heterocycles. The Morgan fingerprint density at radius 2 is 1.88 bits per heavy atom. The lowest BCUT2D eigenvalue weighted by Crippen LogP contribution is -2.31. The quantitative estimate of drug-likeness (QED) is 0.667. The van der Waals surface area contributed by atoms with Gasteiger partial charge in [0.25, 0.3) is 0 Å². The highest BCUT2D eigenvalue weighted by atomic mass is 19.1. The van der Waals surface area contributed by atoms with Gasteiger partial charge < -0.3 is 9.42 Å². The molecule has 0 saturated heterocycles. The molecule has 134 valence electrons. The van der Waals surface area contributed by atoms with Crippen LogP contribution in [0.1, 0.15) is 24.8 Å². The molecule has 0 fully saturated rings. The Labute approximate surface area is 151 Å². The van der Waals surface area contributed by atoms with Crippen LogP contribution in [0, 0.1) is 12.7 Å². The molecule has 0 unspecified atom stereocenters. The minimum Gasteiger partial charge on any atom is -0.339 e. The Hall–Kier alpha value is -3.02. The highest BCUT2D eigenvalue weighted by Crippen LogP contribution is 2.20. The van der Waals surface area contributed by atoms with Gasteiger partial charge in [-0.3, -0.25) is 4.79 Å². The minimum absolute atomic E-state index is 0.164. The third kappa shape index (κ3) is 3.96. The van der Waals surface area contributed by atoms with Crippen LogP contribution in [0.25, 0.3) is 11.4 Å². The molecule has 5 nitrogen and oxygen atoms in total. The smallest absolute Gasteiger partial charge is 0.227 e. The SMILES string of the molecule is CCN(C(=O)CCc1nc(-c2ccc(C)cc2)no1)c1ccccc1F. The molecule has 26 heavy (non-hydrogen) atoms. The molecule has 0 saturated carbocycles. The average Bonchev–Trinajstić information content (AvgIpc) is 3.12. The zero-order valence-electron chi connectivity index (χ0n) is 14.8. The Kier molecular flexibility index (Phi) is 5.41. The van der Waals surface area contributed by atoms with Crippen LogP contribution in [0.3, 0.4) is 0 Å². The molecular formula is C20H20FN3O2. The second kappa shape index (κ2) is 7.91. The van der Waals surface area contributed by atoms with Gasteiger partial charge in [0, 0.05) is 24.9 Å². The highest BCUT2D eigenvalue weighted by Gasteiger charge is 2.18. The highest BCUT2D eigenvalue weighted by molar-refractivity contribution is 5.93. The predicted molar refractivity (Wildman–Crippen MR) is 97.2 cm³/mol. The number of aryl methyl sites for hydroxylation is 2. The summed E-state index contributed by atoms with van der Waals surface area (Å²) in [4.78, 5) is 18.2. The summed E-state index contributed by atoms with van der Waals surface area (Å²) in [7, 11) is 0. The number of carbonyl (C=O) groups is 1. The molecule has 0 atom stereocenters. The van der Waals surface area contributed by atoms with E-state index >= 15 is 0 Å². The third-order valence-corrected chi connectivity index (χ3v) is 4.09. The van der Waals surface area contributed by atoms with E-state index in [1.54, 1.807) is 18.2 Å². The molecule has 0 aliphatic heterocycles. The van der Waals surface area contributed by atoms with Crippen LogP contribution in [-0.2, 0) is 11.2 Å². The summed E-state index contributed by atoms with van der Waals surface area (Å²) < 4.78 is 19.2. The van der Waals surface area contributed by atoms with Crippen LogP contribution in [0.4, 0.5) is 10.1 Å². The van der Waals surface area contributed by atoms with E-state index in [1.807, 2.05) is 38.1 Å². The van der Waals surface area contributed by atoms with Crippen LogP contribution in [0.15, 0.2) is 53.1 Å². The Balaban J connectivity index is 1.66. The molecule has 1 amide bonds. The van der Waals surface area contributed by atoms with Crippen molar-refractivity contribution in [1.82, 2.24) is 10.1 Å². The number of hydrogen-bond acceptors (Lipinski definition) is 4. The van der Waals surface area contributed by atoms with Crippen molar-refractivity contribution in [1.29, 1.82) is 0 Å². The van der Waals surface area contributed by atoms with Gasteiger partial charge in [0.1, 0.15) is 5.82 Å². The van der Waals surface area contributed by atoms with Crippen molar-refractivity contribution in [3.05, 3.63) is 65.8 Å². The summed E-state index contributed by atoms with van der Waals surface area (Å²) in [6.45, 7) is 4.21. The summed E-state index contributed by atoms with van der Waals surface area (Å²) in [5, 5.41) is 3.96. The second-order valence-corrected chi connectivity index (χ2v) is 5.97. The summed E-state index contributed by atoms with van der Waals surface area (Å²) in [5.41, 5.74) is 2.29. The Morgan fingerprint density at radius 3 is 2.58 bits per heavy atom. The molecule has 0 N–H and O–H groups in total. The maximum absolute atomic E-state index is 13.9. The van der Waals surface area contributed by atoms with Crippen LogP contribution in [0.2, 0.25) is 0 Å². The number of carbonyl (C=O) groups excluding carboxylic acids is 1. The van der Waals surface area contributed by atoms with Crippen LogP contribution in [0.5, 0.6) is 0 Å². The summed E-state index contributed by atoms with van der Waals surface area (Å²) >= 11 is 0. The molecular weight excluding hydrogens is 333 g/mol. The number of aromatic nitrogens is 2. The third-order valence-electron chi connectivity index (χ3n) is 4.09. The first kappa shape index (κ1) is 17.8. The first-order valence-electron chi connectivity index (χ1n) is 8.53. The van der Waals surface area contributed by atoms with E-state index in [9.17, 15) is 9.18 Å². The Bertz CT molecular complexity index is 890. The number of hydrogen-bond donors (Lipinski definition) is 0. The number of nitrogens with zero attached hydrogens (tertiary/aromatic N) is 3. The predicted octanol–water partition coefficient (Wildman–Crippen LogP) is 4.17. The number of benzene rings is 2. The van der Waals surface area contributed by atoms with Crippen LogP contribution < -0.4 is 4.90 Å². The number of amides is 1. The first-order valence-corrected chi connectivity index (χ1v) is 8.53. The molecule has 6 heteroatoms. The fourth-order valence-electron chi connectivity index (χ4n) is 2.68. The van der Waals surface area contributed by atoms with E-state index < -0.39 is 5.82 Å². The zero-order chi connectivity index (χ0) is 18.5. The van der Waals surface area contributed by atoms with Crippen LogP contribution >= 0.6 is 0 Å². The summed E-state index contributed by atoms with van der Waals surface area (Å²) in [5.74, 6) is 0.280. The van der Waals surface area contributed by atoms with Crippen molar-refractivity contribution in [2.45, 2.75) is 26.7 Å². The van der Waals surface area contributed by atoms with Gasteiger partial charge in [-0.1, -0.05) is 47.1 Å². The molecule has 3 aromatic rings. The Morgan fingerprint density at radius 1 is 1.15 bits per heavy atom. The molecule has 0 radical (unpaired) electrons. The number of para-hydroxylation sites is 1. The lowest BCUT2D eigenvalue weighted by Gasteiger charge is -2.21. The van der Waals surface area contributed by atoms with Crippen molar-refractivity contribution in [3.8, 4) is 11.4 Å². The summed E-state index contributed by atoms with van der Waals surface area (Å²) in [6.07, 6.45) is 0.473. The van der Waals surface area contributed by atoms with Crippen molar-refractivity contribution < 1.29 is 13.7 Å². The van der Waals surface area contributed by atoms with Crippen molar-refractivity contribution in [2.75, 3.05) is 11.4 Å². The van der Waals surface area contributed by atoms with Gasteiger partial charge in [0.2, 0.25) is 17.6 Å². The van der Waals surface area contributed by atoms with Crippen molar-refractivity contribution in [2.24, 2.45) is 0 Å². The zero-order valence-corrected chi connectivity index (χ0v) is 14.8. The van der Waals surface area contributed by atoms with E-state index in [1.165, 1.54) is 11.0 Å². The molecule has 3 rings (SSSR count). The number of halogens is 1. The lowest BCUT2D eigenvalue weighted by molar-refractivity contribution is -0.118. The van der Waals surface area contributed by atoms with Crippen LogP contribution in [-0.4, -0.2) is 22.6 Å². The fourth-order valence-corrected chi connectivity index (χ4v) is 2.68. The van der Waals surface area contributed by atoms with Gasteiger partial charge in [-0.25, -0.2) is 4.39 Å². The van der Waals surface area contributed by atoms with Crippen molar-refractivity contribution in [3.63, 3.8) is 0 Å². The average molecular weight is 353 g/mol. The van der Waals surface area contributed by atoms with E-state index in [-0.39, 0.29) is 18.0 Å². The fraction of sp³-hybridized carbons (Fsp3) is 0.250. The maximum atomic E-state index is 13.9. The standard InChI is InChI=1S/C20H20FN3O2/c1-3-24(17-7-5-4-6-16(17)21)19(25)13-12-18-22-20(23-26-18)15-10-8-14(2)9-11-15/h4-11H,3,12-13H2,1-2H3. The largest absolute Gasteiger partial charge is 0.339 e. The maximum Gasteiger partial charge on any atom is 0.227 e. The topological polar surface area (TPSA) is 59.2 Å². The molecule has 0 aliphatic rings. The second-order valence-electron chi connectivity index (χ2n) is 5.97. The van der Waals surface area contributed by atoms with E-state index in [4.69, 9.17) is 4.52 Å². The molecule has 2 aromatic carbocycles. The summed E-state index contributed by atoms with van der Waals surface area (Å²) in [6, 6.07) is 14.0. The molecule has 0 bridgehead atoms.